The number of hydrogen-bond donors (Lipinski definition) is 2. The summed E-state index contributed by atoms with van der Waals surface area (Å²) in [4.78, 5) is 15.9. The highest BCUT2D eigenvalue weighted by Crippen LogP contribution is 2.21. The monoisotopic (exact) mass is 305 g/mol. The maximum absolute atomic E-state index is 12.0. The van der Waals surface area contributed by atoms with Crippen LogP contribution in [-0.2, 0) is 4.79 Å². The lowest BCUT2D eigenvalue weighted by Crippen LogP contribution is -2.27. The van der Waals surface area contributed by atoms with Gasteiger partial charge < -0.3 is 11.1 Å². The molecule has 4 nitrogen and oxygen atoms in total. The van der Waals surface area contributed by atoms with Crippen LogP contribution in [0.15, 0.2) is 53.3 Å². The lowest BCUT2D eigenvalue weighted by Gasteiger charge is -2.13. The molecule has 0 saturated carbocycles. The second kappa shape index (κ2) is 5.75. The minimum Gasteiger partial charge on any atom is -0.323 e. The van der Waals surface area contributed by atoms with E-state index in [-0.39, 0.29) is 5.91 Å². The molecule has 1 heterocycles. The molecule has 2 aromatic rings. The molecule has 1 aromatic carbocycles. The molecule has 1 amide bonds. The number of pyridine rings is 1. The molecule has 1 aromatic heterocycles. The average Bonchev–Trinajstić information content (AvgIpc) is 2.41. The molecule has 0 fully saturated rings. The highest BCUT2D eigenvalue weighted by molar-refractivity contribution is 9.10. The molecule has 92 valence electrons. The first-order valence-electron chi connectivity index (χ1n) is 5.39. The predicted octanol–water partition coefficient (Wildman–Crippen LogP) is 2.48. The number of hydrogen-bond acceptors (Lipinski definition) is 3. The Labute approximate surface area is 113 Å². The van der Waals surface area contributed by atoms with E-state index < -0.39 is 6.04 Å². The van der Waals surface area contributed by atoms with E-state index in [1.165, 1.54) is 0 Å². The van der Waals surface area contributed by atoms with Crippen LogP contribution in [0.25, 0.3) is 0 Å². The third kappa shape index (κ3) is 2.94. The molecular weight excluding hydrogens is 294 g/mol. The Bertz CT molecular complexity index is 545. The largest absolute Gasteiger partial charge is 0.323 e. The van der Waals surface area contributed by atoms with E-state index in [0.717, 1.165) is 10.0 Å². The number of carbonyl (C=O) groups is 1. The third-order valence-corrected chi connectivity index (χ3v) is 3.10. The van der Waals surface area contributed by atoms with Crippen molar-refractivity contribution in [3.63, 3.8) is 0 Å². The summed E-state index contributed by atoms with van der Waals surface area (Å²) in [6, 6.07) is 10.3. The van der Waals surface area contributed by atoms with Gasteiger partial charge in [0.1, 0.15) is 6.04 Å². The third-order valence-electron chi connectivity index (χ3n) is 2.47. The van der Waals surface area contributed by atoms with Crippen molar-refractivity contribution >= 4 is 27.5 Å². The fourth-order valence-electron chi connectivity index (χ4n) is 1.50. The average molecular weight is 306 g/mol. The van der Waals surface area contributed by atoms with E-state index in [2.05, 4.69) is 26.2 Å². The molecule has 18 heavy (non-hydrogen) atoms. The summed E-state index contributed by atoms with van der Waals surface area (Å²) in [7, 11) is 0. The Morgan fingerprint density at radius 3 is 2.67 bits per heavy atom. The van der Waals surface area contributed by atoms with Crippen molar-refractivity contribution in [1.29, 1.82) is 0 Å². The highest BCUT2D eigenvalue weighted by atomic mass is 79.9. The van der Waals surface area contributed by atoms with Crippen LogP contribution in [0.4, 0.5) is 5.69 Å². The number of halogens is 1. The number of amides is 1. The molecule has 0 aliphatic heterocycles. The molecule has 0 unspecified atom stereocenters. The van der Waals surface area contributed by atoms with Gasteiger partial charge in [0.25, 0.3) is 0 Å². The zero-order chi connectivity index (χ0) is 13.0. The summed E-state index contributed by atoms with van der Waals surface area (Å²) in [6.45, 7) is 0. The Kier molecular flexibility index (Phi) is 4.07. The van der Waals surface area contributed by atoms with Gasteiger partial charge in [0.15, 0.2) is 0 Å². The molecule has 0 bridgehead atoms. The van der Waals surface area contributed by atoms with Gasteiger partial charge in [0.05, 0.1) is 10.2 Å². The molecule has 0 aliphatic carbocycles. The minimum absolute atomic E-state index is 0.256. The molecule has 0 spiro atoms. The van der Waals surface area contributed by atoms with Crippen molar-refractivity contribution in [1.82, 2.24) is 4.98 Å². The molecule has 5 heteroatoms. The summed E-state index contributed by atoms with van der Waals surface area (Å²) < 4.78 is 0.721. The van der Waals surface area contributed by atoms with Crippen LogP contribution in [0.5, 0.6) is 0 Å². The van der Waals surface area contributed by atoms with E-state index in [1.807, 2.05) is 30.3 Å². The first-order chi connectivity index (χ1) is 8.68. The molecular formula is C13H12BrN3O. The Hall–Kier alpha value is -1.72. The van der Waals surface area contributed by atoms with Crippen molar-refractivity contribution in [2.24, 2.45) is 5.73 Å². The van der Waals surface area contributed by atoms with Crippen LogP contribution in [0.2, 0.25) is 0 Å². The molecule has 0 saturated heterocycles. The second-order valence-electron chi connectivity index (χ2n) is 3.73. The SMILES string of the molecule is N[C@@H](C(=O)Nc1ccncc1Br)c1ccccc1. The van der Waals surface area contributed by atoms with Crippen LogP contribution in [-0.4, -0.2) is 10.9 Å². The number of aromatic nitrogens is 1. The molecule has 0 aliphatic rings. The van der Waals surface area contributed by atoms with Crippen molar-refractivity contribution in [2.75, 3.05) is 5.32 Å². The van der Waals surface area contributed by atoms with E-state index >= 15 is 0 Å². The van der Waals surface area contributed by atoms with Crippen LogP contribution in [0.3, 0.4) is 0 Å². The van der Waals surface area contributed by atoms with Crippen LogP contribution in [0.1, 0.15) is 11.6 Å². The fourth-order valence-corrected chi connectivity index (χ4v) is 1.85. The number of anilines is 1. The van der Waals surface area contributed by atoms with Gasteiger partial charge >= 0.3 is 0 Å². The van der Waals surface area contributed by atoms with Gasteiger partial charge in [-0.25, -0.2) is 0 Å². The smallest absolute Gasteiger partial charge is 0.245 e. The number of nitrogens with two attached hydrogens (primary N) is 1. The predicted molar refractivity (Wildman–Crippen MR) is 73.9 cm³/mol. The summed E-state index contributed by atoms with van der Waals surface area (Å²) in [6.07, 6.45) is 3.22. The van der Waals surface area contributed by atoms with Gasteiger partial charge in [-0.05, 0) is 27.6 Å². The quantitative estimate of drug-likeness (QED) is 0.915. The number of nitrogens with one attached hydrogen (secondary N) is 1. The summed E-state index contributed by atoms with van der Waals surface area (Å²) in [5.41, 5.74) is 7.33. The van der Waals surface area contributed by atoms with Gasteiger partial charge in [0.2, 0.25) is 5.91 Å². The van der Waals surface area contributed by atoms with Gasteiger partial charge in [-0.1, -0.05) is 30.3 Å². The van der Waals surface area contributed by atoms with E-state index in [4.69, 9.17) is 5.73 Å². The standard InChI is InChI=1S/C13H12BrN3O/c14-10-8-16-7-6-11(10)17-13(18)12(15)9-4-2-1-3-5-9/h1-8,12H,15H2,(H,16,17,18)/t12-/m1/s1. The lowest BCUT2D eigenvalue weighted by molar-refractivity contribution is -0.117. The highest BCUT2D eigenvalue weighted by Gasteiger charge is 2.16. The molecule has 0 radical (unpaired) electrons. The zero-order valence-corrected chi connectivity index (χ0v) is 11.1. The van der Waals surface area contributed by atoms with E-state index in [1.54, 1.807) is 18.5 Å². The van der Waals surface area contributed by atoms with Crippen molar-refractivity contribution < 1.29 is 4.79 Å². The minimum atomic E-state index is -0.689. The van der Waals surface area contributed by atoms with Gasteiger partial charge in [-0.15, -0.1) is 0 Å². The fraction of sp³-hybridized carbons (Fsp3) is 0.0769. The van der Waals surface area contributed by atoms with Crippen LogP contribution >= 0.6 is 15.9 Å². The maximum atomic E-state index is 12.0. The summed E-state index contributed by atoms with van der Waals surface area (Å²) in [5, 5.41) is 2.76. The molecule has 1 atom stereocenters. The topological polar surface area (TPSA) is 68.0 Å². The summed E-state index contributed by atoms with van der Waals surface area (Å²) in [5.74, 6) is -0.256. The molecule has 3 N–H and O–H groups in total. The van der Waals surface area contributed by atoms with Crippen molar-refractivity contribution in [2.45, 2.75) is 6.04 Å². The second-order valence-corrected chi connectivity index (χ2v) is 4.59. The van der Waals surface area contributed by atoms with Crippen molar-refractivity contribution in [3.8, 4) is 0 Å². The number of rotatable bonds is 3. The number of benzene rings is 1. The Morgan fingerprint density at radius 2 is 2.00 bits per heavy atom. The Balaban J connectivity index is 2.12. The normalized spacial score (nSPS) is 11.9. The van der Waals surface area contributed by atoms with Gasteiger partial charge in [-0.3, -0.25) is 9.78 Å². The van der Waals surface area contributed by atoms with Crippen LogP contribution < -0.4 is 11.1 Å². The number of carbonyl (C=O) groups excluding carboxylic acids is 1. The first kappa shape index (κ1) is 12.7. The van der Waals surface area contributed by atoms with Crippen molar-refractivity contribution in [3.05, 3.63) is 58.8 Å². The first-order valence-corrected chi connectivity index (χ1v) is 6.18. The maximum Gasteiger partial charge on any atom is 0.245 e. The Morgan fingerprint density at radius 1 is 1.28 bits per heavy atom. The van der Waals surface area contributed by atoms with E-state index in [0.29, 0.717) is 5.69 Å². The molecule has 2 rings (SSSR count). The van der Waals surface area contributed by atoms with Crippen LogP contribution in [0, 0.1) is 0 Å². The van der Waals surface area contributed by atoms with Gasteiger partial charge in [-0.2, -0.15) is 0 Å². The lowest BCUT2D eigenvalue weighted by atomic mass is 10.1. The van der Waals surface area contributed by atoms with E-state index in [9.17, 15) is 4.79 Å². The summed E-state index contributed by atoms with van der Waals surface area (Å²) >= 11 is 3.31. The van der Waals surface area contributed by atoms with Gasteiger partial charge in [0, 0.05) is 12.4 Å². The number of nitrogens with zero attached hydrogens (tertiary/aromatic N) is 1. The zero-order valence-electron chi connectivity index (χ0n) is 9.51.